The van der Waals surface area contributed by atoms with Gasteiger partial charge in [-0.3, -0.25) is 10.3 Å². The molecule has 0 atom stereocenters. The van der Waals surface area contributed by atoms with E-state index in [1.165, 1.54) is 6.20 Å². The zero-order valence-electron chi connectivity index (χ0n) is 11.3. The predicted molar refractivity (Wildman–Crippen MR) is 74.2 cm³/mol. The number of carboxylic acids is 1. The SMILES string of the molecule is CCCCCC(=CNOCc1ccccc1)C(=O)O. The van der Waals surface area contributed by atoms with Crippen LogP contribution < -0.4 is 5.48 Å². The number of nitrogens with one attached hydrogen (secondary N) is 1. The monoisotopic (exact) mass is 263 g/mol. The van der Waals surface area contributed by atoms with Crippen molar-refractivity contribution in [3.63, 3.8) is 0 Å². The van der Waals surface area contributed by atoms with Gasteiger partial charge in [-0.15, -0.1) is 0 Å². The molecule has 1 aromatic carbocycles. The summed E-state index contributed by atoms with van der Waals surface area (Å²) in [6, 6.07) is 9.70. The Kier molecular flexibility index (Phi) is 7.35. The van der Waals surface area contributed by atoms with Gasteiger partial charge in [0.15, 0.2) is 0 Å². The fraction of sp³-hybridized carbons (Fsp3) is 0.400. The molecule has 0 unspecified atom stereocenters. The molecule has 1 aromatic rings. The molecule has 0 amide bonds. The first-order valence-electron chi connectivity index (χ1n) is 6.57. The Labute approximate surface area is 114 Å². The normalized spacial score (nSPS) is 11.3. The zero-order valence-corrected chi connectivity index (χ0v) is 11.3. The van der Waals surface area contributed by atoms with Crippen LogP contribution in [0.25, 0.3) is 0 Å². The van der Waals surface area contributed by atoms with Gasteiger partial charge in [0, 0.05) is 6.20 Å². The van der Waals surface area contributed by atoms with E-state index in [9.17, 15) is 4.79 Å². The highest BCUT2D eigenvalue weighted by atomic mass is 16.6. The Morgan fingerprint density at radius 1 is 1.32 bits per heavy atom. The van der Waals surface area contributed by atoms with Crippen LogP contribution in [0.15, 0.2) is 42.1 Å². The van der Waals surface area contributed by atoms with Crippen LogP contribution in [0, 0.1) is 0 Å². The van der Waals surface area contributed by atoms with E-state index in [1.807, 2.05) is 30.3 Å². The van der Waals surface area contributed by atoms with E-state index >= 15 is 0 Å². The van der Waals surface area contributed by atoms with Gasteiger partial charge in [-0.05, 0) is 18.4 Å². The van der Waals surface area contributed by atoms with Crippen LogP contribution in [-0.4, -0.2) is 11.1 Å². The summed E-state index contributed by atoms with van der Waals surface area (Å²) >= 11 is 0. The van der Waals surface area contributed by atoms with Crippen molar-refractivity contribution < 1.29 is 14.7 Å². The van der Waals surface area contributed by atoms with Crippen LogP contribution in [0.1, 0.15) is 38.2 Å². The Balaban J connectivity index is 2.33. The lowest BCUT2D eigenvalue weighted by Crippen LogP contribution is -2.11. The molecule has 0 radical (unpaired) electrons. The van der Waals surface area contributed by atoms with Gasteiger partial charge in [0.05, 0.1) is 12.2 Å². The van der Waals surface area contributed by atoms with Crippen molar-refractivity contribution in [2.75, 3.05) is 0 Å². The van der Waals surface area contributed by atoms with Crippen LogP contribution in [0.4, 0.5) is 0 Å². The molecule has 0 fully saturated rings. The van der Waals surface area contributed by atoms with Gasteiger partial charge in [-0.2, -0.15) is 0 Å². The molecule has 0 aliphatic rings. The highest BCUT2D eigenvalue weighted by Gasteiger charge is 2.06. The number of aliphatic carboxylic acids is 1. The molecular weight excluding hydrogens is 242 g/mol. The van der Waals surface area contributed by atoms with E-state index in [2.05, 4.69) is 12.4 Å². The van der Waals surface area contributed by atoms with Crippen molar-refractivity contribution in [3.05, 3.63) is 47.7 Å². The number of rotatable bonds is 9. The largest absolute Gasteiger partial charge is 0.478 e. The maximum absolute atomic E-state index is 11.0. The quantitative estimate of drug-likeness (QED) is 0.408. The van der Waals surface area contributed by atoms with E-state index in [0.717, 1.165) is 24.8 Å². The summed E-state index contributed by atoms with van der Waals surface area (Å²) < 4.78 is 0. The van der Waals surface area contributed by atoms with E-state index in [4.69, 9.17) is 9.94 Å². The zero-order chi connectivity index (χ0) is 13.9. The van der Waals surface area contributed by atoms with Crippen molar-refractivity contribution in [1.82, 2.24) is 5.48 Å². The summed E-state index contributed by atoms with van der Waals surface area (Å²) in [6.07, 6.45) is 4.99. The van der Waals surface area contributed by atoms with Crippen molar-refractivity contribution in [2.45, 2.75) is 39.2 Å². The summed E-state index contributed by atoms with van der Waals surface area (Å²) in [5.41, 5.74) is 3.98. The molecular formula is C15H21NO3. The first-order valence-corrected chi connectivity index (χ1v) is 6.57. The number of benzene rings is 1. The third-order valence-electron chi connectivity index (χ3n) is 2.72. The molecule has 0 aliphatic carbocycles. The summed E-state index contributed by atoms with van der Waals surface area (Å²) in [5, 5.41) is 9.03. The van der Waals surface area contributed by atoms with E-state index < -0.39 is 5.97 Å². The molecule has 0 bridgehead atoms. The second kappa shape index (κ2) is 9.16. The molecule has 104 valence electrons. The number of hydroxylamine groups is 1. The van der Waals surface area contributed by atoms with Crippen molar-refractivity contribution >= 4 is 5.97 Å². The Morgan fingerprint density at radius 2 is 2.05 bits per heavy atom. The molecule has 1 rings (SSSR count). The third kappa shape index (κ3) is 6.62. The minimum Gasteiger partial charge on any atom is -0.478 e. The van der Waals surface area contributed by atoms with E-state index in [0.29, 0.717) is 18.6 Å². The Bertz CT molecular complexity index is 401. The maximum atomic E-state index is 11.0. The second-order valence-corrected chi connectivity index (χ2v) is 4.32. The first-order chi connectivity index (χ1) is 9.24. The van der Waals surface area contributed by atoms with Crippen molar-refractivity contribution in [2.24, 2.45) is 0 Å². The number of carboxylic acid groups (broad SMARTS) is 1. The Morgan fingerprint density at radius 3 is 2.68 bits per heavy atom. The van der Waals surface area contributed by atoms with Gasteiger partial charge in [0.25, 0.3) is 0 Å². The predicted octanol–water partition coefficient (Wildman–Crippen LogP) is 3.26. The average molecular weight is 263 g/mol. The fourth-order valence-electron chi connectivity index (χ4n) is 1.62. The molecule has 0 saturated carbocycles. The van der Waals surface area contributed by atoms with Crippen LogP contribution >= 0.6 is 0 Å². The molecule has 0 saturated heterocycles. The summed E-state index contributed by atoms with van der Waals surface area (Å²) in [5.74, 6) is -0.896. The minimum atomic E-state index is -0.896. The molecule has 0 aliphatic heterocycles. The lowest BCUT2D eigenvalue weighted by molar-refractivity contribution is -0.132. The van der Waals surface area contributed by atoms with E-state index in [-0.39, 0.29) is 0 Å². The van der Waals surface area contributed by atoms with Gasteiger partial charge >= 0.3 is 5.97 Å². The van der Waals surface area contributed by atoms with Gasteiger partial charge in [0.1, 0.15) is 0 Å². The van der Waals surface area contributed by atoms with Crippen LogP contribution in [0.3, 0.4) is 0 Å². The van der Waals surface area contributed by atoms with Gasteiger partial charge in [-0.1, -0.05) is 50.1 Å². The van der Waals surface area contributed by atoms with Crippen molar-refractivity contribution in [1.29, 1.82) is 0 Å². The topological polar surface area (TPSA) is 58.6 Å². The summed E-state index contributed by atoms with van der Waals surface area (Å²) in [7, 11) is 0. The van der Waals surface area contributed by atoms with Crippen LogP contribution in [0.5, 0.6) is 0 Å². The molecule has 4 nitrogen and oxygen atoms in total. The molecule has 4 heteroatoms. The van der Waals surface area contributed by atoms with E-state index in [1.54, 1.807) is 0 Å². The summed E-state index contributed by atoms with van der Waals surface area (Å²) in [6.45, 7) is 2.49. The maximum Gasteiger partial charge on any atom is 0.333 e. The smallest absolute Gasteiger partial charge is 0.333 e. The van der Waals surface area contributed by atoms with Gasteiger partial charge < -0.3 is 5.11 Å². The van der Waals surface area contributed by atoms with Gasteiger partial charge in [0.2, 0.25) is 0 Å². The number of hydrogen-bond acceptors (Lipinski definition) is 3. The lowest BCUT2D eigenvalue weighted by Gasteiger charge is -2.05. The van der Waals surface area contributed by atoms with Gasteiger partial charge in [-0.25, -0.2) is 4.79 Å². The number of carbonyl (C=O) groups is 1. The lowest BCUT2D eigenvalue weighted by atomic mass is 10.1. The Hall–Kier alpha value is -1.81. The van der Waals surface area contributed by atoms with Crippen LogP contribution in [0.2, 0.25) is 0 Å². The highest BCUT2D eigenvalue weighted by molar-refractivity contribution is 5.86. The molecule has 0 spiro atoms. The average Bonchev–Trinajstić information content (AvgIpc) is 2.42. The molecule has 2 N–H and O–H groups in total. The molecule has 19 heavy (non-hydrogen) atoms. The number of unbranched alkanes of at least 4 members (excludes halogenated alkanes) is 2. The minimum absolute atomic E-state index is 0.349. The first kappa shape index (κ1) is 15.2. The third-order valence-corrected chi connectivity index (χ3v) is 2.72. The van der Waals surface area contributed by atoms with Crippen LogP contribution in [-0.2, 0) is 16.2 Å². The fourth-order valence-corrected chi connectivity index (χ4v) is 1.62. The molecule has 0 heterocycles. The summed E-state index contributed by atoms with van der Waals surface area (Å²) in [4.78, 5) is 16.2. The highest BCUT2D eigenvalue weighted by Crippen LogP contribution is 2.08. The second-order valence-electron chi connectivity index (χ2n) is 4.32. The standard InChI is InChI=1S/C15H21NO3/c1-2-3-5-10-14(15(17)18)11-16-19-12-13-8-6-4-7-9-13/h4,6-9,11,16H,2-3,5,10,12H2,1H3,(H,17,18). The number of hydrogen-bond donors (Lipinski definition) is 2. The van der Waals surface area contributed by atoms with Crippen molar-refractivity contribution in [3.8, 4) is 0 Å². The molecule has 0 aromatic heterocycles.